The Balaban J connectivity index is 1.47. The molecule has 1 aliphatic heterocycles. The number of hydrogen-bond donors (Lipinski definition) is 0. The summed E-state index contributed by atoms with van der Waals surface area (Å²) in [6, 6.07) is 20.6. The van der Waals surface area contributed by atoms with Gasteiger partial charge < -0.3 is 14.4 Å². The highest BCUT2D eigenvalue weighted by Gasteiger charge is 2.32. The lowest BCUT2D eigenvalue weighted by atomic mass is 10.1. The van der Waals surface area contributed by atoms with Gasteiger partial charge in [-0.3, -0.25) is 9.59 Å². The van der Waals surface area contributed by atoms with Gasteiger partial charge in [-0.25, -0.2) is 12.8 Å². The van der Waals surface area contributed by atoms with Gasteiger partial charge in [0.15, 0.2) is 0 Å². The monoisotopic (exact) mass is 576 g/mol. The van der Waals surface area contributed by atoms with Crippen LogP contribution in [-0.2, 0) is 27.8 Å². The summed E-state index contributed by atoms with van der Waals surface area (Å²) in [6.07, 6.45) is 2.03. The van der Waals surface area contributed by atoms with Crippen molar-refractivity contribution in [3.8, 4) is 0 Å². The fraction of sp³-hybridized carbons (Fsp3) is 0.290. The molecule has 214 valence electrons. The third-order valence-electron chi connectivity index (χ3n) is 7.59. The van der Waals surface area contributed by atoms with Crippen molar-refractivity contribution >= 4 is 38.1 Å². The number of pyridine rings is 1. The van der Waals surface area contributed by atoms with Gasteiger partial charge >= 0.3 is 0 Å². The molecule has 0 radical (unpaired) electrons. The molecule has 0 bridgehead atoms. The van der Waals surface area contributed by atoms with Gasteiger partial charge in [0.1, 0.15) is 17.3 Å². The van der Waals surface area contributed by atoms with Crippen LogP contribution in [0.1, 0.15) is 19.4 Å². The minimum absolute atomic E-state index is 0.0307. The molecule has 41 heavy (non-hydrogen) atoms. The molecule has 4 aromatic rings. The molecule has 8 nitrogen and oxygen atoms in total. The molecule has 1 saturated heterocycles. The average molecular weight is 577 g/mol. The summed E-state index contributed by atoms with van der Waals surface area (Å²) in [7, 11) is -4.04. The number of rotatable bonds is 8. The van der Waals surface area contributed by atoms with E-state index < -0.39 is 15.6 Å². The highest BCUT2D eigenvalue weighted by atomic mass is 32.2. The number of para-hydroxylation sites is 2. The summed E-state index contributed by atoms with van der Waals surface area (Å²) in [5.74, 6) is -0.665. The van der Waals surface area contributed by atoms with Crippen LogP contribution in [-0.4, -0.2) is 55.9 Å². The number of carbonyl (C=O) groups is 1. The van der Waals surface area contributed by atoms with Crippen molar-refractivity contribution in [2.45, 2.75) is 31.7 Å². The number of fused-ring (bicyclic) bond motifs is 1. The molecule has 1 aromatic heterocycles. The number of carbonyl (C=O) groups excluding carboxylic acids is 1. The van der Waals surface area contributed by atoms with Crippen LogP contribution in [0.4, 0.5) is 15.8 Å². The van der Waals surface area contributed by atoms with Crippen molar-refractivity contribution in [3.63, 3.8) is 0 Å². The summed E-state index contributed by atoms with van der Waals surface area (Å²) in [6.45, 7) is 4.91. The van der Waals surface area contributed by atoms with Crippen molar-refractivity contribution in [2.75, 3.05) is 42.5 Å². The summed E-state index contributed by atoms with van der Waals surface area (Å²) in [5.41, 5.74) is 1.78. The number of piperazine rings is 1. The van der Waals surface area contributed by atoms with Crippen LogP contribution in [0.3, 0.4) is 0 Å². The number of aromatic nitrogens is 1. The number of aryl methyl sites for hydroxylation is 1. The Morgan fingerprint density at radius 3 is 2.20 bits per heavy atom. The Hall–Kier alpha value is -4.02. The van der Waals surface area contributed by atoms with Gasteiger partial charge in [0.25, 0.3) is 5.56 Å². The predicted molar refractivity (Wildman–Crippen MR) is 159 cm³/mol. The molecule has 2 heterocycles. The number of sulfonamides is 1. The summed E-state index contributed by atoms with van der Waals surface area (Å²) >= 11 is 0. The average Bonchev–Trinajstić information content (AvgIpc) is 2.99. The SMILES string of the molecule is CCc1ccccc1N(CC)C(=O)Cn1cc(S(=O)(=O)N2CCN(c3ccccc3F)CC2)c2ccccc2c1=O. The second kappa shape index (κ2) is 11.8. The summed E-state index contributed by atoms with van der Waals surface area (Å²) < 4.78 is 44.8. The number of benzene rings is 3. The van der Waals surface area contributed by atoms with Crippen molar-refractivity contribution in [1.29, 1.82) is 0 Å². The molecule has 0 spiro atoms. The molecule has 0 saturated carbocycles. The largest absolute Gasteiger partial charge is 0.367 e. The Morgan fingerprint density at radius 1 is 0.878 bits per heavy atom. The van der Waals surface area contributed by atoms with E-state index >= 15 is 0 Å². The van der Waals surface area contributed by atoms with Crippen LogP contribution in [0.25, 0.3) is 10.8 Å². The van der Waals surface area contributed by atoms with Crippen molar-refractivity contribution < 1.29 is 17.6 Å². The van der Waals surface area contributed by atoms with Crippen molar-refractivity contribution in [2.24, 2.45) is 0 Å². The molecule has 0 atom stereocenters. The zero-order valence-corrected chi connectivity index (χ0v) is 24.0. The summed E-state index contributed by atoms with van der Waals surface area (Å²) in [4.78, 5) is 30.4. The van der Waals surface area contributed by atoms with E-state index in [1.807, 2.05) is 43.0 Å². The van der Waals surface area contributed by atoms with Gasteiger partial charge in [-0.2, -0.15) is 4.31 Å². The number of nitrogens with zero attached hydrogens (tertiary/aromatic N) is 4. The molecule has 0 unspecified atom stereocenters. The fourth-order valence-electron chi connectivity index (χ4n) is 5.43. The van der Waals surface area contributed by atoms with Crippen LogP contribution in [0.5, 0.6) is 0 Å². The predicted octanol–water partition coefficient (Wildman–Crippen LogP) is 4.27. The zero-order valence-electron chi connectivity index (χ0n) is 23.2. The number of amides is 1. The lowest BCUT2D eigenvalue weighted by Crippen LogP contribution is -2.49. The van der Waals surface area contributed by atoms with E-state index in [0.29, 0.717) is 30.7 Å². The molecule has 5 rings (SSSR count). The van der Waals surface area contributed by atoms with Crippen LogP contribution in [0, 0.1) is 5.82 Å². The summed E-state index contributed by atoms with van der Waals surface area (Å²) in [5, 5.41) is 0.532. The van der Waals surface area contributed by atoms with E-state index in [9.17, 15) is 22.4 Å². The normalized spacial score (nSPS) is 14.4. The Bertz CT molecular complexity index is 1750. The smallest absolute Gasteiger partial charge is 0.258 e. The van der Waals surface area contributed by atoms with E-state index in [4.69, 9.17) is 0 Å². The van der Waals surface area contributed by atoms with E-state index in [1.165, 1.54) is 21.1 Å². The third-order valence-corrected chi connectivity index (χ3v) is 9.52. The van der Waals surface area contributed by atoms with Gasteiger partial charge in [0.05, 0.1) is 5.69 Å². The van der Waals surface area contributed by atoms with Crippen LogP contribution in [0.2, 0.25) is 0 Å². The first kappa shape index (κ1) is 28.5. The number of likely N-dealkylation sites (N-methyl/N-ethyl adjacent to an activating group) is 1. The topological polar surface area (TPSA) is 82.9 Å². The number of halogens is 1. The molecule has 10 heteroatoms. The van der Waals surface area contributed by atoms with Gasteiger partial charge in [-0.05, 0) is 43.2 Å². The molecular weight excluding hydrogens is 543 g/mol. The second-order valence-electron chi connectivity index (χ2n) is 9.93. The fourth-order valence-corrected chi connectivity index (χ4v) is 7.07. The van der Waals surface area contributed by atoms with Crippen LogP contribution in [0.15, 0.2) is 88.7 Å². The molecular formula is C31H33FN4O4S. The number of anilines is 2. The lowest BCUT2D eigenvalue weighted by Gasteiger charge is -2.35. The maximum atomic E-state index is 14.3. The number of hydrogen-bond acceptors (Lipinski definition) is 5. The quantitative estimate of drug-likeness (QED) is 0.313. The van der Waals surface area contributed by atoms with Crippen molar-refractivity contribution in [3.05, 3.63) is 101 Å². The highest BCUT2D eigenvalue weighted by molar-refractivity contribution is 7.89. The van der Waals surface area contributed by atoms with E-state index in [1.54, 1.807) is 47.4 Å². The Labute approximate surface area is 239 Å². The molecule has 3 aromatic carbocycles. The first-order valence-electron chi connectivity index (χ1n) is 13.8. The van der Waals surface area contributed by atoms with Gasteiger partial charge in [-0.15, -0.1) is 0 Å². The molecule has 1 amide bonds. The second-order valence-corrected chi connectivity index (χ2v) is 11.8. The molecule has 1 fully saturated rings. The van der Waals surface area contributed by atoms with Gasteiger partial charge in [-0.1, -0.05) is 55.5 Å². The van der Waals surface area contributed by atoms with E-state index in [2.05, 4.69) is 0 Å². The maximum absolute atomic E-state index is 14.3. The zero-order chi connectivity index (χ0) is 29.1. The third kappa shape index (κ3) is 5.49. The molecule has 0 N–H and O–H groups in total. The van der Waals surface area contributed by atoms with E-state index in [-0.39, 0.29) is 41.6 Å². The standard InChI is InChI=1S/C31H33FN4O4S/c1-3-23-11-5-9-15-27(23)36(4-2)30(37)22-34-21-29(24-12-6-7-13-25(24)31(34)38)41(39,40)35-19-17-33(18-20-35)28-16-10-8-14-26(28)32/h5-16,21H,3-4,17-20,22H2,1-2H3. The van der Waals surface area contributed by atoms with Crippen LogP contribution >= 0.6 is 0 Å². The van der Waals surface area contributed by atoms with Gasteiger partial charge in [0, 0.05) is 55.4 Å². The lowest BCUT2D eigenvalue weighted by molar-refractivity contribution is -0.119. The Kier molecular flexibility index (Phi) is 8.23. The molecule has 1 aliphatic rings. The van der Waals surface area contributed by atoms with Crippen molar-refractivity contribution in [1.82, 2.24) is 8.87 Å². The minimum atomic E-state index is -4.04. The Morgan fingerprint density at radius 2 is 1.51 bits per heavy atom. The first-order chi connectivity index (χ1) is 19.8. The van der Waals surface area contributed by atoms with Gasteiger partial charge in [0.2, 0.25) is 15.9 Å². The minimum Gasteiger partial charge on any atom is -0.367 e. The van der Waals surface area contributed by atoms with E-state index in [0.717, 1.165) is 17.7 Å². The maximum Gasteiger partial charge on any atom is 0.258 e. The van der Waals surface area contributed by atoms with Crippen LogP contribution < -0.4 is 15.4 Å². The first-order valence-corrected chi connectivity index (χ1v) is 15.2. The molecule has 0 aliphatic carbocycles. The highest BCUT2D eigenvalue weighted by Crippen LogP contribution is 2.27.